The van der Waals surface area contributed by atoms with Crippen molar-refractivity contribution in [1.29, 1.82) is 0 Å². The second-order valence-electron chi connectivity index (χ2n) is 10.5. The summed E-state index contributed by atoms with van der Waals surface area (Å²) in [5, 5.41) is 11.2. The van der Waals surface area contributed by atoms with Gasteiger partial charge in [-0.3, -0.25) is 4.79 Å². The molecule has 2 aliphatic heterocycles. The molecule has 9 heteroatoms. The Morgan fingerprint density at radius 2 is 1.68 bits per heavy atom. The molecule has 2 aliphatic rings. The van der Waals surface area contributed by atoms with Gasteiger partial charge >= 0.3 is 0 Å². The zero-order valence-electron chi connectivity index (χ0n) is 25.3. The Morgan fingerprint density at radius 3 is 2.24 bits per heavy atom. The predicted octanol–water partition coefficient (Wildman–Crippen LogP) is 5.52. The lowest BCUT2D eigenvalue weighted by Gasteiger charge is -2.29. The second-order valence-corrected chi connectivity index (χ2v) is 10.5. The van der Waals surface area contributed by atoms with Crippen molar-refractivity contribution in [3.63, 3.8) is 0 Å². The van der Waals surface area contributed by atoms with Crippen molar-refractivity contribution in [3.05, 3.63) is 59.8 Å². The minimum atomic E-state index is -0.0952. The van der Waals surface area contributed by atoms with E-state index >= 15 is 0 Å². The van der Waals surface area contributed by atoms with E-state index in [4.69, 9.17) is 9.82 Å². The molecule has 1 atom stereocenters. The van der Waals surface area contributed by atoms with Crippen LogP contribution in [0.1, 0.15) is 57.8 Å². The summed E-state index contributed by atoms with van der Waals surface area (Å²) >= 11 is 0. The topological polar surface area (TPSA) is 94.6 Å². The van der Waals surface area contributed by atoms with Gasteiger partial charge in [-0.1, -0.05) is 45.7 Å². The average Bonchev–Trinajstić information content (AvgIpc) is 3.34. The number of aromatic nitrogens is 2. The third-order valence-electron chi connectivity index (χ3n) is 7.82. The van der Waals surface area contributed by atoms with Crippen molar-refractivity contribution in [2.45, 2.75) is 53.0 Å². The van der Waals surface area contributed by atoms with Gasteiger partial charge < -0.3 is 25.7 Å². The maximum atomic E-state index is 11.2. The molecule has 1 saturated heterocycles. The van der Waals surface area contributed by atoms with Gasteiger partial charge in [0.25, 0.3) is 0 Å². The van der Waals surface area contributed by atoms with Gasteiger partial charge in [0.05, 0.1) is 6.04 Å². The van der Waals surface area contributed by atoms with Crippen LogP contribution in [0.15, 0.2) is 48.5 Å². The maximum Gasteiger partial charge on any atom is 0.221 e. The molecule has 0 saturated carbocycles. The van der Waals surface area contributed by atoms with Crippen LogP contribution in [0, 0.1) is 5.92 Å². The van der Waals surface area contributed by atoms with Crippen molar-refractivity contribution < 1.29 is 9.63 Å². The minimum Gasteiger partial charge on any atom is -0.400 e. The Kier molecular flexibility index (Phi) is 10.5. The van der Waals surface area contributed by atoms with Crippen LogP contribution in [0.4, 0.5) is 17.2 Å². The number of piperazine rings is 1. The number of hydrogen-bond donors (Lipinski definition) is 3. The third-order valence-corrected chi connectivity index (χ3v) is 7.82. The summed E-state index contributed by atoms with van der Waals surface area (Å²) in [7, 11) is 3.78. The molecule has 0 aliphatic carbocycles. The summed E-state index contributed by atoms with van der Waals surface area (Å²) in [6.07, 6.45) is 3.23. The van der Waals surface area contributed by atoms with E-state index in [2.05, 4.69) is 70.9 Å². The van der Waals surface area contributed by atoms with Gasteiger partial charge in [-0.25, -0.2) is 9.97 Å². The molecule has 0 radical (unpaired) electrons. The van der Waals surface area contributed by atoms with Crippen LogP contribution >= 0.6 is 0 Å². The number of carbonyl (C=O) groups excluding carboxylic acids is 1. The number of benzene rings is 2. The molecule has 0 spiro atoms. The highest BCUT2D eigenvalue weighted by atomic mass is 16.7. The monoisotopic (exact) mass is 559 g/mol. The molecule has 3 aromatic rings. The first-order chi connectivity index (χ1) is 19.9. The Bertz CT molecular complexity index is 1270. The van der Waals surface area contributed by atoms with Gasteiger partial charge in [-0.2, -0.15) is 0 Å². The van der Waals surface area contributed by atoms with E-state index in [0.717, 1.165) is 62.4 Å². The fourth-order valence-corrected chi connectivity index (χ4v) is 5.46. The van der Waals surface area contributed by atoms with Crippen molar-refractivity contribution in [1.82, 2.24) is 20.3 Å². The predicted molar refractivity (Wildman–Crippen MR) is 167 cm³/mol. The van der Waals surface area contributed by atoms with E-state index in [0.29, 0.717) is 23.3 Å². The number of anilines is 3. The Hall–Kier alpha value is -3.69. The summed E-state index contributed by atoms with van der Waals surface area (Å²) < 4.78 is 0. The number of rotatable bonds is 8. The molecule has 9 nitrogen and oxygen atoms in total. The molecule has 3 N–H and O–H groups in total. The van der Waals surface area contributed by atoms with Gasteiger partial charge in [0.2, 0.25) is 11.7 Å². The molecule has 2 aromatic carbocycles. The highest BCUT2D eigenvalue weighted by Crippen LogP contribution is 2.45. The highest BCUT2D eigenvalue weighted by molar-refractivity contribution is 5.88. The molecule has 5 rings (SSSR count). The Balaban J connectivity index is 0.000000231. The van der Waals surface area contributed by atoms with Crippen LogP contribution in [-0.2, 0) is 11.2 Å². The van der Waals surface area contributed by atoms with E-state index in [1.165, 1.54) is 18.2 Å². The molecule has 1 aromatic heterocycles. The first kappa shape index (κ1) is 30.3. The number of carbonyl (C=O) groups is 1. The molecule has 1 fully saturated rings. The van der Waals surface area contributed by atoms with E-state index in [1.807, 2.05) is 43.4 Å². The lowest BCUT2D eigenvalue weighted by molar-refractivity contribution is -0.114. The van der Waals surface area contributed by atoms with Gasteiger partial charge in [-0.15, -0.1) is 5.06 Å². The third kappa shape index (κ3) is 7.34. The quantitative estimate of drug-likeness (QED) is 0.332. The molecular weight excluding hydrogens is 514 g/mol. The van der Waals surface area contributed by atoms with Gasteiger partial charge in [0.1, 0.15) is 5.69 Å². The standard InChI is InChI=1S/C20H27N5O2.C12H18N2/c1-6-13(7-2)17-16-18(27-25(17)5)20(21-4)24-19(23-16)14-8-10-15(11-9-14)22-12(3)26;1-2-11-3-5-12(6-4-11)14-9-7-13-8-10-14/h8-11,13,17H,6-7H2,1-5H3,(H,22,26)(H,21,23,24);3-6,13H,2,7-10H2,1H3. The zero-order valence-corrected chi connectivity index (χ0v) is 25.3. The summed E-state index contributed by atoms with van der Waals surface area (Å²) in [5.74, 6) is 2.38. The SMILES string of the molecule is CCC(CC)C1c2nc(-c3ccc(NC(C)=O)cc3)nc(NC)c2ON1C.CCc1ccc(N2CCNCC2)cc1. The molecule has 41 heavy (non-hydrogen) atoms. The molecule has 220 valence electrons. The van der Waals surface area contributed by atoms with Crippen LogP contribution in [0.5, 0.6) is 5.75 Å². The number of amides is 1. The van der Waals surface area contributed by atoms with Crippen molar-refractivity contribution in [2.24, 2.45) is 5.92 Å². The molecule has 1 unspecified atom stereocenters. The molecule has 0 bridgehead atoms. The zero-order chi connectivity index (χ0) is 29.4. The summed E-state index contributed by atoms with van der Waals surface area (Å²) in [6.45, 7) is 12.6. The van der Waals surface area contributed by atoms with Gasteiger partial charge in [-0.05, 0) is 54.3 Å². The summed E-state index contributed by atoms with van der Waals surface area (Å²) in [6, 6.07) is 16.6. The number of nitrogens with zero attached hydrogens (tertiary/aromatic N) is 4. The fourth-order valence-electron chi connectivity index (χ4n) is 5.46. The lowest BCUT2D eigenvalue weighted by Crippen LogP contribution is -2.43. The van der Waals surface area contributed by atoms with Crippen LogP contribution < -0.4 is 25.7 Å². The van der Waals surface area contributed by atoms with E-state index in [1.54, 1.807) is 0 Å². The molecule has 3 heterocycles. The summed E-state index contributed by atoms with van der Waals surface area (Å²) in [4.78, 5) is 29.1. The van der Waals surface area contributed by atoms with Crippen LogP contribution in [0.3, 0.4) is 0 Å². The normalized spacial score (nSPS) is 16.5. The van der Waals surface area contributed by atoms with E-state index < -0.39 is 0 Å². The van der Waals surface area contributed by atoms with Crippen LogP contribution in [-0.4, -0.2) is 61.2 Å². The van der Waals surface area contributed by atoms with Crippen molar-refractivity contribution in [3.8, 4) is 17.1 Å². The lowest BCUT2D eigenvalue weighted by atomic mass is 9.91. The summed E-state index contributed by atoms with van der Waals surface area (Å²) in [5.41, 5.74) is 5.35. The highest BCUT2D eigenvalue weighted by Gasteiger charge is 2.38. The van der Waals surface area contributed by atoms with Crippen molar-refractivity contribution >= 4 is 23.1 Å². The Morgan fingerprint density at radius 1 is 1.02 bits per heavy atom. The smallest absolute Gasteiger partial charge is 0.221 e. The van der Waals surface area contributed by atoms with E-state index in [9.17, 15) is 4.79 Å². The van der Waals surface area contributed by atoms with Crippen molar-refractivity contribution in [2.75, 3.05) is 55.8 Å². The number of hydrogen-bond acceptors (Lipinski definition) is 8. The van der Waals surface area contributed by atoms with Gasteiger partial charge in [0, 0.05) is 64.1 Å². The number of fused-ring (bicyclic) bond motifs is 1. The Labute approximate surface area is 244 Å². The second kappa shape index (κ2) is 14.3. The van der Waals surface area contributed by atoms with Crippen LogP contribution in [0.25, 0.3) is 11.4 Å². The largest absolute Gasteiger partial charge is 0.400 e. The van der Waals surface area contributed by atoms with Crippen LogP contribution in [0.2, 0.25) is 0 Å². The molecule has 1 amide bonds. The van der Waals surface area contributed by atoms with E-state index in [-0.39, 0.29) is 11.9 Å². The number of aryl methyl sites for hydroxylation is 1. The minimum absolute atomic E-state index is 0.0952. The first-order valence-electron chi connectivity index (χ1n) is 14.8. The maximum absolute atomic E-state index is 11.2. The number of nitrogens with one attached hydrogen (secondary N) is 3. The molecular formula is C32H45N7O2. The first-order valence-corrected chi connectivity index (χ1v) is 14.8. The fraction of sp³-hybridized carbons (Fsp3) is 0.469. The van der Waals surface area contributed by atoms with Gasteiger partial charge in [0.15, 0.2) is 11.6 Å². The average molecular weight is 560 g/mol. The number of hydroxylamine groups is 2.